The Balaban J connectivity index is 1.51. The van der Waals surface area contributed by atoms with Gasteiger partial charge in [0.05, 0.1) is 17.3 Å². The third-order valence-electron chi connectivity index (χ3n) is 15.4. The zero-order valence-corrected chi connectivity index (χ0v) is 32.4. The van der Waals surface area contributed by atoms with Crippen LogP contribution < -0.4 is 0 Å². The fourth-order valence-electron chi connectivity index (χ4n) is 12.2. The highest BCUT2D eigenvalue weighted by Crippen LogP contribution is 2.76. The zero-order valence-electron chi connectivity index (χ0n) is 32.4. The molecule has 0 saturated heterocycles. The van der Waals surface area contributed by atoms with Gasteiger partial charge in [0.2, 0.25) is 5.91 Å². The van der Waals surface area contributed by atoms with E-state index in [0.29, 0.717) is 18.3 Å². The summed E-state index contributed by atoms with van der Waals surface area (Å²) in [6, 6.07) is 0. The number of carboxylic acids is 1. The Kier molecular flexibility index (Phi) is 8.82. The van der Waals surface area contributed by atoms with Crippen LogP contribution in [0, 0.1) is 56.2 Å². The number of allylic oxidation sites excluding steroid dienone is 1. The van der Waals surface area contributed by atoms with Crippen LogP contribution in [-0.4, -0.2) is 52.3 Å². The number of carbonyl (C=O) groups is 4. The van der Waals surface area contributed by atoms with Gasteiger partial charge in [0, 0.05) is 30.3 Å². The van der Waals surface area contributed by atoms with Crippen LogP contribution in [0.4, 0.5) is 0 Å². The Morgan fingerprint density at radius 1 is 0.917 bits per heavy atom. The van der Waals surface area contributed by atoms with E-state index in [1.165, 1.54) is 11.1 Å². The average molecular weight is 668 g/mol. The Hall–Kier alpha value is -2.18. The minimum atomic E-state index is -1.16. The van der Waals surface area contributed by atoms with Crippen molar-refractivity contribution in [1.29, 1.82) is 0 Å². The molecule has 0 aromatic rings. The summed E-state index contributed by atoms with van der Waals surface area (Å²) in [4.78, 5) is 55.2. The number of ether oxygens (including phenoxy) is 1. The van der Waals surface area contributed by atoms with Crippen molar-refractivity contribution in [2.75, 3.05) is 7.05 Å². The van der Waals surface area contributed by atoms with Gasteiger partial charge in [-0.25, -0.2) is 0 Å². The number of amides is 1. The average Bonchev–Trinajstić information content (AvgIpc) is 3.26. The SMILES string of the molecule is CC(C)C1C(=O)C[C@]2(C(=O)N(C)C(C)(C)C)CC[C@]3(C)C(=C12)CCC1[C@@]2(C)CC[C@H](OC(=O)CC(C)(C)C(=O)O)C(C)(C)C2CC[C@]13C. The Morgan fingerprint density at radius 3 is 2.10 bits per heavy atom. The van der Waals surface area contributed by atoms with Gasteiger partial charge in [0.25, 0.3) is 0 Å². The lowest BCUT2D eigenvalue weighted by Gasteiger charge is -2.70. The topological polar surface area (TPSA) is 101 Å². The van der Waals surface area contributed by atoms with Gasteiger partial charge in [0.1, 0.15) is 11.9 Å². The van der Waals surface area contributed by atoms with E-state index < -0.39 is 22.8 Å². The number of esters is 1. The molecule has 48 heavy (non-hydrogen) atoms. The van der Waals surface area contributed by atoms with Gasteiger partial charge in [-0.05, 0) is 126 Å². The highest BCUT2D eigenvalue weighted by atomic mass is 16.5. The van der Waals surface area contributed by atoms with E-state index in [1.807, 2.05) is 11.9 Å². The zero-order chi connectivity index (χ0) is 36.2. The molecule has 0 aromatic heterocycles. The standard InChI is InChI=1S/C41H65NO6/c1-24(2)31-26(43)22-41(33(45)42(13)35(3,4)5)21-20-39(11)25(32(31)41)14-15-28-38(10)18-17-29(48-30(44)23-36(6,7)34(46)47)37(8,9)27(38)16-19-40(28,39)12/h24,27-29,31H,14-23H2,1-13H3,(H,46,47)/t27?,28?,29-,31?,38-,39+,40+,41+/m0/s1. The van der Waals surface area contributed by atoms with E-state index in [1.54, 1.807) is 13.8 Å². The molecule has 1 amide bonds. The van der Waals surface area contributed by atoms with Gasteiger partial charge in [-0.3, -0.25) is 19.2 Å². The van der Waals surface area contributed by atoms with E-state index in [0.717, 1.165) is 51.4 Å². The van der Waals surface area contributed by atoms with Crippen molar-refractivity contribution in [2.24, 2.45) is 56.2 Å². The molecular weight excluding hydrogens is 602 g/mol. The van der Waals surface area contributed by atoms with Crippen LogP contribution in [0.25, 0.3) is 0 Å². The first-order valence-corrected chi connectivity index (χ1v) is 18.8. The molecule has 7 nitrogen and oxygen atoms in total. The predicted octanol–water partition coefficient (Wildman–Crippen LogP) is 8.64. The van der Waals surface area contributed by atoms with Crippen LogP contribution in [0.15, 0.2) is 11.1 Å². The van der Waals surface area contributed by atoms with E-state index in [9.17, 15) is 24.3 Å². The molecule has 0 aliphatic heterocycles. The molecule has 270 valence electrons. The molecule has 0 heterocycles. The van der Waals surface area contributed by atoms with Crippen LogP contribution in [0.3, 0.4) is 0 Å². The molecule has 5 rings (SSSR count). The Morgan fingerprint density at radius 2 is 1.54 bits per heavy atom. The molecule has 3 unspecified atom stereocenters. The van der Waals surface area contributed by atoms with E-state index >= 15 is 0 Å². The van der Waals surface area contributed by atoms with Crippen molar-refractivity contribution in [3.63, 3.8) is 0 Å². The van der Waals surface area contributed by atoms with Gasteiger partial charge >= 0.3 is 11.9 Å². The van der Waals surface area contributed by atoms with E-state index in [4.69, 9.17) is 4.74 Å². The number of carbonyl (C=O) groups excluding carboxylic acids is 3. The first-order chi connectivity index (χ1) is 21.8. The number of hydrogen-bond donors (Lipinski definition) is 1. The molecule has 5 aliphatic rings. The van der Waals surface area contributed by atoms with Crippen molar-refractivity contribution in [3.8, 4) is 0 Å². The van der Waals surface area contributed by atoms with Crippen molar-refractivity contribution >= 4 is 23.6 Å². The molecule has 1 N–H and O–H groups in total. The Labute approximate surface area is 290 Å². The van der Waals surface area contributed by atoms with Gasteiger partial charge in [-0.15, -0.1) is 0 Å². The largest absolute Gasteiger partial charge is 0.481 e. The summed E-state index contributed by atoms with van der Waals surface area (Å²) in [7, 11) is 1.92. The second kappa shape index (κ2) is 11.4. The van der Waals surface area contributed by atoms with Gasteiger partial charge in [0.15, 0.2) is 0 Å². The summed E-state index contributed by atoms with van der Waals surface area (Å²) >= 11 is 0. The monoisotopic (exact) mass is 667 g/mol. The van der Waals surface area contributed by atoms with Crippen LogP contribution in [0.5, 0.6) is 0 Å². The van der Waals surface area contributed by atoms with Crippen LogP contribution in [-0.2, 0) is 23.9 Å². The summed E-state index contributed by atoms with van der Waals surface area (Å²) in [5.41, 5.74) is 0.129. The second-order valence-electron chi connectivity index (χ2n) is 20.0. The molecule has 7 heteroatoms. The number of rotatable bonds is 6. The summed E-state index contributed by atoms with van der Waals surface area (Å²) in [6.07, 6.45) is 7.42. The number of hydrogen-bond acceptors (Lipinski definition) is 5. The number of Topliss-reactive ketones (excluding diaryl/α,β-unsaturated/α-hetero) is 1. The fourth-order valence-corrected chi connectivity index (χ4v) is 12.2. The molecule has 5 aliphatic carbocycles. The number of aliphatic carboxylic acids is 1. The maximum absolute atomic E-state index is 14.6. The van der Waals surface area contributed by atoms with Gasteiger partial charge in [-0.1, -0.05) is 54.0 Å². The summed E-state index contributed by atoms with van der Waals surface area (Å²) in [5.74, 6) is -0.258. The third kappa shape index (κ3) is 5.16. The molecular formula is C41H65NO6. The summed E-state index contributed by atoms with van der Waals surface area (Å²) < 4.78 is 6.14. The molecule has 0 spiro atoms. The minimum absolute atomic E-state index is 0.0161. The number of fused-ring (bicyclic) bond motifs is 6. The summed E-state index contributed by atoms with van der Waals surface area (Å²) in [5, 5.41) is 9.58. The molecule has 0 radical (unpaired) electrons. The normalized spacial score (nSPS) is 39.2. The fraction of sp³-hybridized carbons (Fsp3) is 0.854. The van der Waals surface area contributed by atoms with Crippen LogP contribution in [0.2, 0.25) is 0 Å². The Bertz CT molecular complexity index is 1420. The molecule has 4 fully saturated rings. The van der Waals surface area contributed by atoms with E-state index in [-0.39, 0.29) is 63.2 Å². The maximum Gasteiger partial charge on any atom is 0.309 e. The van der Waals surface area contributed by atoms with Crippen molar-refractivity contribution in [3.05, 3.63) is 11.1 Å². The first kappa shape index (κ1) is 37.1. The highest BCUT2D eigenvalue weighted by Gasteiger charge is 2.70. The lowest BCUT2D eigenvalue weighted by Crippen LogP contribution is -2.64. The third-order valence-corrected chi connectivity index (χ3v) is 15.4. The minimum Gasteiger partial charge on any atom is -0.481 e. The maximum atomic E-state index is 14.6. The van der Waals surface area contributed by atoms with Crippen LogP contribution >= 0.6 is 0 Å². The lowest BCUT2D eigenvalue weighted by molar-refractivity contribution is -0.214. The first-order valence-electron chi connectivity index (χ1n) is 18.8. The van der Waals surface area contributed by atoms with Gasteiger partial charge in [-0.2, -0.15) is 0 Å². The number of carboxylic acid groups (broad SMARTS) is 1. The lowest BCUT2D eigenvalue weighted by atomic mass is 9.34. The van der Waals surface area contributed by atoms with Gasteiger partial charge < -0.3 is 14.7 Å². The molecule has 0 bridgehead atoms. The van der Waals surface area contributed by atoms with Crippen molar-refractivity contribution in [2.45, 2.75) is 159 Å². The molecule has 0 aromatic carbocycles. The second-order valence-corrected chi connectivity index (χ2v) is 20.0. The molecule has 8 atom stereocenters. The number of ketones is 1. The smallest absolute Gasteiger partial charge is 0.309 e. The number of nitrogens with zero attached hydrogens (tertiary/aromatic N) is 1. The van der Waals surface area contributed by atoms with Crippen molar-refractivity contribution in [1.82, 2.24) is 4.90 Å². The van der Waals surface area contributed by atoms with Crippen molar-refractivity contribution < 1.29 is 29.0 Å². The van der Waals surface area contributed by atoms with Crippen LogP contribution in [0.1, 0.15) is 147 Å². The summed E-state index contributed by atoms with van der Waals surface area (Å²) in [6.45, 7) is 25.8. The quantitative estimate of drug-likeness (QED) is 0.225. The highest BCUT2D eigenvalue weighted by molar-refractivity contribution is 6.00. The van der Waals surface area contributed by atoms with E-state index in [2.05, 4.69) is 69.2 Å². The molecule has 4 saturated carbocycles. The predicted molar refractivity (Wildman–Crippen MR) is 188 cm³/mol.